The van der Waals surface area contributed by atoms with Gasteiger partial charge in [-0.1, -0.05) is 24.8 Å². The predicted octanol–water partition coefficient (Wildman–Crippen LogP) is 2.01. The zero-order valence-corrected chi connectivity index (χ0v) is 25.3. The maximum absolute atomic E-state index is 13.7. The third kappa shape index (κ3) is 8.45. The summed E-state index contributed by atoms with van der Waals surface area (Å²) in [7, 11) is 0. The number of hydrogen-bond acceptors (Lipinski definition) is 11. The van der Waals surface area contributed by atoms with Crippen molar-refractivity contribution >= 4 is 23.7 Å². The van der Waals surface area contributed by atoms with Gasteiger partial charge in [-0.15, -0.1) is 0 Å². The van der Waals surface area contributed by atoms with E-state index in [1.807, 2.05) is 0 Å². The highest BCUT2D eigenvalue weighted by Gasteiger charge is 2.61. The van der Waals surface area contributed by atoms with Gasteiger partial charge in [0.1, 0.15) is 12.2 Å². The number of carbonyl (C=O) groups is 4. The Bertz CT molecular complexity index is 1120. The smallest absolute Gasteiger partial charge is 0.334 e. The van der Waals surface area contributed by atoms with Crippen molar-refractivity contribution in [3.8, 4) is 0 Å². The van der Waals surface area contributed by atoms with Crippen LogP contribution in [0.1, 0.15) is 68.7 Å². The summed E-state index contributed by atoms with van der Waals surface area (Å²) in [6.07, 6.45) is -4.55. The van der Waals surface area contributed by atoms with Crippen LogP contribution in [0.15, 0.2) is 47.1 Å². The van der Waals surface area contributed by atoms with E-state index >= 15 is 0 Å². The van der Waals surface area contributed by atoms with Crippen LogP contribution < -0.4 is 0 Å². The van der Waals surface area contributed by atoms with Gasteiger partial charge in [0.15, 0.2) is 17.8 Å². The molecule has 7 unspecified atom stereocenters. The van der Waals surface area contributed by atoms with Gasteiger partial charge in [0.05, 0.1) is 17.6 Å². The van der Waals surface area contributed by atoms with E-state index in [-0.39, 0.29) is 22.3 Å². The Kier molecular flexibility index (Phi) is 12.4. The van der Waals surface area contributed by atoms with Crippen molar-refractivity contribution < 1.29 is 53.8 Å². The fourth-order valence-corrected chi connectivity index (χ4v) is 3.99. The van der Waals surface area contributed by atoms with Gasteiger partial charge in [0, 0.05) is 23.1 Å². The fraction of sp³-hybridized carbons (Fsp3) is 0.600. The molecule has 0 aromatic heterocycles. The molecule has 7 atom stereocenters. The molecule has 4 N–H and O–H groups in total. The Hall–Kier alpha value is -3.12. The lowest BCUT2D eigenvalue weighted by molar-refractivity contribution is -0.210. The van der Waals surface area contributed by atoms with E-state index in [9.17, 15) is 39.6 Å². The SMILES string of the molecule is C=C(C(CC(O)C(C)(C)O)OC(=O)/C(C)=C\C)C1C(OC(=O)/C(C)=C\C)C(=O)C(C)(O)C(OC(=O)/C(C)=C\C)C1O. The second-order valence-electron chi connectivity index (χ2n) is 11.0. The fourth-order valence-electron chi connectivity index (χ4n) is 3.99. The Morgan fingerprint density at radius 2 is 1.41 bits per heavy atom. The summed E-state index contributed by atoms with van der Waals surface area (Å²) in [6.45, 7) is 16.7. The van der Waals surface area contributed by atoms with Crippen molar-refractivity contribution in [1.82, 2.24) is 0 Å². The van der Waals surface area contributed by atoms with Crippen LogP contribution in [0.25, 0.3) is 0 Å². The first-order chi connectivity index (χ1) is 18.8. The molecule has 0 saturated heterocycles. The van der Waals surface area contributed by atoms with Crippen LogP contribution in [-0.2, 0) is 33.4 Å². The van der Waals surface area contributed by atoms with Crippen LogP contribution in [0.4, 0.5) is 0 Å². The molecule has 41 heavy (non-hydrogen) atoms. The number of hydrogen-bond donors (Lipinski definition) is 4. The largest absolute Gasteiger partial charge is 0.454 e. The highest BCUT2D eigenvalue weighted by Crippen LogP contribution is 2.40. The standard InChI is InChI=1S/C30H44O11/c1-11-15(4)26(34)39-19(14-20(31)29(8,9)37)18(7)21-22(32)25(41-28(36)17(6)13-3)30(10,38)24(33)23(21)40-27(35)16(5)12-2/h11-13,19-23,25,31-32,37-38H,7,14H2,1-6,8-10H3/b15-11-,16-12-,17-13-. The molecule has 0 aromatic rings. The Morgan fingerprint density at radius 1 is 0.976 bits per heavy atom. The quantitative estimate of drug-likeness (QED) is 0.122. The number of aliphatic hydroxyl groups is 4. The summed E-state index contributed by atoms with van der Waals surface area (Å²) in [6, 6.07) is 0. The molecular weight excluding hydrogens is 536 g/mol. The van der Waals surface area contributed by atoms with Gasteiger partial charge in [-0.2, -0.15) is 0 Å². The Balaban J connectivity index is 3.77. The lowest BCUT2D eigenvalue weighted by Crippen LogP contribution is -2.68. The molecular formula is C30H44O11. The number of ether oxygens (including phenoxy) is 3. The summed E-state index contributed by atoms with van der Waals surface area (Å²) in [5, 5.41) is 43.7. The molecule has 0 spiro atoms. The third-order valence-electron chi connectivity index (χ3n) is 7.39. The molecule has 0 aromatic carbocycles. The summed E-state index contributed by atoms with van der Waals surface area (Å²) in [5.74, 6) is -5.33. The number of esters is 3. The average molecular weight is 581 g/mol. The molecule has 0 amide bonds. The van der Waals surface area contributed by atoms with E-state index < -0.39 is 77.8 Å². The third-order valence-corrected chi connectivity index (χ3v) is 7.39. The molecule has 1 aliphatic rings. The maximum atomic E-state index is 13.7. The van der Waals surface area contributed by atoms with Crippen molar-refractivity contribution in [3.05, 3.63) is 47.1 Å². The molecule has 11 nitrogen and oxygen atoms in total. The summed E-state index contributed by atoms with van der Waals surface area (Å²) in [5.41, 5.74) is -3.88. The number of rotatable bonds is 11. The van der Waals surface area contributed by atoms with Crippen molar-refractivity contribution in [2.75, 3.05) is 0 Å². The molecule has 0 aliphatic heterocycles. The normalized spacial score (nSPS) is 27.5. The van der Waals surface area contributed by atoms with Crippen LogP contribution in [0.2, 0.25) is 0 Å². The first-order valence-electron chi connectivity index (χ1n) is 13.3. The van der Waals surface area contributed by atoms with Gasteiger partial charge in [-0.3, -0.25) is 4.79 Å². The van der Waals surface area contributed by atoms with Gasteiger partial charge < -0.3 is 34.6 Å². The number of carbonyl (C=O) groups excluding carboxylic acids is 4. The van der Waals surface area contributed by atoms with E-state index in [1.165, 1.54) is 52.8 Å². The van der Waals surface area contributed by atoms with E-state index in [1.54, 1.807) is 20.8 Å². The topological polar surface area (TPSA) is 177 Å². The molecule has 0 bridgehead atoms. The van der Waals surface area contributed by atoms with Crippen molar-refractivity contribution in [1.29, 1.82) is 0 Å². The monoisotopic (exact) mass is 580 g/mol. The molecule has 1 aliphatic carbocycles. The van der Waals surface area contributed by atoms with Crippen LogP contribution in [0.5, 0.6) is 0 Å². The number of allylic oxidation sites excluding steroid dienone is 3. The number of aliphatic hydroxyl groups excluding tert-OH is 2. The predicted molar refractivity (Wildman–Crippen MR) is 149 cm³/mol. The molecule has 1 saturated carbocycles. The zero-order chi connectivity index (χ0) is 32.0. The van der Waals surface area contributed by atoms with Gasteiger partial charge in [-0.25, -0.2) is 14.4 Å². The highest BCUT2D eigenvalue weighted by molar-refractivity contribution is 5.97. The van der Waals surface area contributed by atoms with Crippen LogP contribution in [0, 0.1) is 5.92 Å². The minimum atomic E-state index is -2.50. The van der Waals surface area contributed by atoms with Gasteiger partial charge in [0.25, 0.3) is 0 Å². The molecule has 230 valence electrons. The van der Waals surface area contributed by atoms with Crippen LogP contribution in [-0.4, -0.2) is 85.8 Å². The van der Waals surface area contributed by atoms with Crippen molar-refractivity contribution in [3.63, 3.8) is 0 Å². The Labute approximate surface area is 241 Å². The maximum Gasteiger partial charge on any atom is 0.334 e. The lowest BCUT2D eigenvalue weighted by atomic mass is 9.68. The Morgan fingerprint density at radius 3 is 1.85 bits per heavy atom. The second kappa shape index (κ2) is 14.2. The first kappa shape index (κ1) is 35.9. The second-order valence-corrected chi connectivity index (χ2v) is 11.0. The van der Waals surface area contributed by atoms with Gasteiger partial charge in [-0.05, 0) is 67.9 Å². The van der Waals surface area contributed by atoms with Gasteiger partial charge >= 0.3 is 17.9 Å². The summed E-state index contributed by atoms with van der Waals surface area (Å²) < 4.78 is 16.4. The minimum Gasteiger partial charge on any atom is -0.454 e. The van der Waals surface area contributed by atoms with E-state index in [2.05, 4.69) is 6.58 Å². The number of Topliss-reactive ketones (excluding diaryl/α,β-unsaturated/α-hetero) is 1. The summed E-state index contributed by atoms with van der Waals surface area (Å²) >= 11 is 0. The van der Waals surface area contributed by atoms with Crippen LogP contribution >= 0.6 is 0 Å². The molecule has 1 fully saturated rings. The first-order valence-corrected chi connectivity index (χ1v) is 13.3. The van der Waals surface area contributed by atoms with Gasteiger partial charge in [0.2, 0.25) is 5.78 Å². The zero-order valence-electron chi connectivity index (χ0n) is 25.3. The molecule has 11 heteroatoms. The average Bonchev–Trinajstić information content (AvgIpc) is 2.90. The highest BCUT2D eigenvalue weighted by atomic mass is 16.6. The molecule has 0 radical (unpaired) electrons. The molecule has 1 rings (SSSR count). The van der Waals surface area contributed by atoms with E-state index in [4.69, 9.17) is 14.2 Å². The lowest BCUT2D eigenvalue weighted by Gasteiger charge is -2.47. The van der Waals surface area contributed by atoms with Crippen molar-refractivity contribution in [2.24, 2.45) is 5.92 Å². The van der Waals surface area contributed by atoms with Crippen LogP contribution in [0.3, 0.4) is 0 Å². The molecule has 0 heterocycles. The number of ketones is 1. The van der Waals surface area contributed by atoms with Crippen molar-refractivity contribution in [2.45, 2.75) is 110 Å². The van der Waals surface area contributed by atoms with E-state index in [0.29, 0.717) is 0 Å². The minimum absolute atomic E-state index is 0.123. The van der Waals surface area contributed by atoms with E-state index in [0.717, 1.165) is 6.92 Å². The summed E-state index contributed by atoms with van der Waals surface area (Å²) in [4.78, 5) is 51.8.